The topological polar surface area (TPSA) is 62.3 Å². The maximum atomic E-state index is 12.0. The number of amides is 2. The van der Waals surface area contributed by atoms with Crippen LogP contribution in [0.1, 0.15) is 25.5 Å². The predicted octanol–water partition coefficient (Wildman–Crippen LogP) is 1.34. The van der Waals surface area contributed by atoms with Gasteiger partial charge in [0, 0.05) is 24.1 Å². The molecule has 96 valence electrons. The Labute approximate surface area is 106 Å². The number of hydrogen-bond acceptors (Lipinski definition) is 4. The van der Waals surface area contributed by atoms with E-state index >= 15 is 0 Å². The van der Waals surface area contributed by atoms with Crippen LogP contribution in [0.15, 0.2) is 18.3 Å². The van der Waals surface area contributed by atoms with E-state index in [1.807, 2.05) is 19.9 Å². The molecule has 1 unspecified atom stereocenters. The van der Waals surface area contributed by atoms with Gasteiger partial charge in [-0.25, -0.2) is 0 Å². The molecule has 1 aliphatic heterocycles. The number of anilines is 1. The van der Waals surface area contributed by atoms with Gasteiger partial charge in [-0.05, 0) is 25.5 Å². The molecule has 1 saturated heterocycles. The quantitative estimate of drug-likeness (QED) is 0.816. The van der Waals surface area contributed by atoms with E-state index in [1.54, 1.807) is 12.3 Å². The Morgan fingerprint density at radius 3 is 2.94 bits per heavy atom. The lowest BCUT2D eigenvalue weighted by molar-refractivity contribution is -0.138. The van der Waals surface area contributed by atoms with Gasteiger partial charge >= 0.3 is 0 Å². The van der Waals surface area contributed by atoms with Crippen LogP contribution in [-0.2, 0) is 9.59 Å². The maximum Gasteiger partial charge on any atom is 0.252 e. The molecule has 1 fully saturated rings. The van der Waals surface area contributed by atoms with E-state index in [2.05, 4.69) is 10.3 Å². The number of nitrogens with one attached hydrogen (secondary N) is 1. The minimum Gasteiger partial charge on any atom is -0.373 e. The van der Waals surface area contributed by atoms with E-state index in [1.165, 1.54) is 4.90 Å². The van der Waals surface area contributed by atoms with Crippen LogP contribution in [0.25, 0.3) is 0 Å². The van der Waals surface area contributed by atoms with Gasteiger partial charge in [-0.15, -0.1) is 0 Å². The van der Waals surface area contributed by atoms with Gasteiger partial charge in [0.05, 0.1) is 6.42 Å². The first-order valence-electron chi connectivity index (χ1n) is 6.15. The van der Waals surface area contributed by atoms with Gasteiger partial charge in [-0.2, -0.15) is 0 Å². The minimum atomic E-state index is -0.439. The molecule has 0 spiro atoms. The molecule has 1 aromatic rings. The van der Waals surface area contributed by atoms with Crippen LogP contribution in [0, 0.1) is 6.92 Å². The van der Waals surface area contributed by atoms with Crippen molar-refractivity contribution in [3.8, 4) is 0 Å². The molecule has 1 atom stereocenters. The molecule has 1 aliphatic rings. The van der Waals surface area contributed by atoms with Crippen LogP contribution < -0.4 is 5.32 Å². The molecule has 5 nitrogen and oxygen atoms in total. The third-order valence-electron chi connectivity index (χ3n) is 2.93. The van der Waals surface area contributed by atoms with Crippen molar-refractivity contribution in [2.45, 2.75) is 32.7 Å². The summed E-state index contributed by atoms with van der Waals surface area (Å²) in [5, 5.41) is 3.10. The van der Waals surface area contributed by atoms with Crippen LogP contribution in [-0.4, -0.2) is 34.3 Å². The second-order valence-corrected chi connectivity index (χ2v) is 4.47. The van der Waals surface area contributed by atoms with E-state index in [0.29, 0.717) is 6.54 Å². The predicted molar refractivity (Wildman–Crippen MR) is 68.0 cm³/mol. The number of carbonyl (C=O) groups is 2. The fourth-order valence-corrected chi connectivity index (χ4v) is 2.09. The molecule has 0 saturated carbocycles. The van der Waals surface area contributed by atoms with Crippen molar-refractivity contribution in [1.29, 1.82) is 0 Å². The SMILES string of the molecule is CCCN1C(=O)CC(Nc2ccnc(C)c2)C1=O. The number of hydrogen-bond donors (Lipinski definition) is 1. The molecular weight excluding hydrogens is 230 g/mol. The summed E-state index contributed by atoms with van der Waals surface area (Å²) >= 11 is 0. The molecule has 2 amide bonds. The lowest BCUT2D eigenvalue weighted by Gasteiger charge is -2.15. The van der Waals surface area contributed by atoms with E-state index in [4.69, 9.17) is 0 Å². The number of imide groups is 1. The van der Waals surface area contributed by atoms with E-state index in [9.17, 15) is 9.59 Å². The Bertz CT molecular complexity index is 473. The molecule has 0 bridgehead atoms. The summed E-state index contributed by atoms with van der Waals surface area (Å²) in [6.07, 6.45) is 2.71. The number of aromatic nitrogens is 1. The zero-order valence-corrected chi connectivity index (χ0v) is 10.6. The van der Waals surface area contributed by atoms with Crippen molar-refractivity contribution in [1.82, 2.24) is 9.88 Å². The monoisotopic (exact) mass is 247 g/mol. The third-order valence-corrected chi connectivity index (χ3v) is 2.93. The van der Waals surface area contributed by atoms with Gasteiger partial charge in [0.1, 0.15) is 6.04 Å². The first-order valence-corrected chi connectivity index (χ1v) is 6.15. The summed E-state index contributed by atoms with van der Waals surface area (Å²) in [5.41, 5.74) is 1.70. The van der Waals surface area contributed by atoms with Crippen LogP contribution in [0.4, 0.5) is 5.69 Å². The van der Waals surface area contributed by atoms with Crippen molar-refractivity contribution < 1.29 is 9.59 Å². The Morgan fingerprint density at radius 2 is 2.28 bits per heavy atom. The maximum absolute atomic E-state index is 12.0. The molecule has 0 aliphatic carbocycles. The lowest BCUT2D eigenvalue weighted by Crippen LogP contribution is -2.35. The van der Waals surface area contributed by atoms with Crippen LogP contribution >= 0.6 is 0 Å². The zero-order valence-electron chi connectivity index (χ0n) is 10.6. The molecule has 2 rings (SSSR count). The van der Waals surface area contributed by atoms with Gasteiger partial charge in [0.15, 0.2) is 0 Å². The summed E-state index contributed by atoms with van der Waals surface area (Å²) in [6, 6.07) is 3.22. The minimum absolute atomic E-state index is 0.0925. The number of likely N-dealkylation sites (tertiary alicyclic amines) is 1. The van der Waals surface area contributed by atoms with Crippen molar-refractivity contribution in [2.75, 3.05) is 11.9 Å². The highest BCUT2D eigenvalue weighted by atomic mass is 16.2. The first-order chi connectivity index (χ1) is 8.61. The average Bonchev–Trinajstić information content (AvgIpc) is 2.57. The summed E-state index contributed by atoms with van der Waals surface area (Å²) in [6.45, 7) is 4.34. The summed E-state index contributed by atoms with van der Waals surface area (Å²) < 4.78 is 0. The largest absolute Gasteiger partial charge is 0.373 e. The Kier molecular flexibility index (Phi) is 3.60. The van der Waals surface area contributed by atoms with Crippen LogP contribution in [0.2, 0.25) is 0 Å². The molecule has 0 radical (unpaired) electrons. The molecule has 1 aromatic heterocycles. The molecule has 1 N–H and O–H groups in total. The third kappa shape index (κ3) is 2.50. The molecule has 18 heavy (non-hydrogen) atoms. The highest BCUT2D eigenvalue weighted by Gasteiger charge is 2.37. The fraction of sp³-hybridized carbons (Fsp3) is 0.462. The summed E-state index contributed by atoms with van der Waals surface area (Å²) in [7, 11) is 0. The molecule has 2 heterocycles. The Balaban J connectivity index is 2.07. The van der Waals surface area contributed by atoms with Crippen molar-refractivity contribution >= 4 is 17.5 Å². The number of pyridine rings is 1. The van der Waals surface area contributed by atoms with Gasteiger partial charge < -0.3 is 5.32 Å². The highest BCUT2D eigenvalue weighted by molar-refractivity contribution is 6.06. The normalized spacial score (nSPS) is 19.4. The van der Waals surface area contributed by atoms with Gasteiger partial charge in [-0.1, -0.05) is 6.92 Å². The number of carbonyl (C=O) groups excluding carboxylic acids is 2. The van der Waals surface area contributed by atoms with E-state index in [0.717, 1.165) is 17.8 Å². The average molecular weight is 247 g/mol. The van der Waals surface area contributed by atoms with Gasteiger partial charge in [-0.3, -0.25) is 19.5 Å². The standard InChI is InChI=1S/C13H17N3O2/c1-3-6-16-12(17)8-11(13(16)18)15-10-4-5-14-9(2)7-10/h4-5,7,11H,3,6,8H2,1-2H3,(H,14,15). The van der Waals surface area contributed by atoms with Crippen molar-refractivity contribution in [3.05, 3.63) is 24.0 Å². The summed E-state index contributed by atoms with van der Waals surface area (Å²) in [5.74, 6) is -0.221. The second kappa shape index (κ2) is 5.16. The Hall–Kier alpha value is -1.91. The highest BCUT2D eigenvalue weighted by Crippen LogP contribution is 2.18. The molecular formula is C13H17N3O2. The number of nitrogens with zero attached hydrogens (tertiary/aromatic N) is 2. The van der Waals surface area contributed by atoms with E-state index < -0.39 is 6.04 Å². The van der Waals surface area contributed by atoms with Crippen molar-refractivity contribution in [2.24, 2.45) is 0 Å². The molecule has 0 aromatic carbocycles. The number of rotatable bonds is 4. The van der Waals surface area contributed by atoms with Gasteiger partial charge in [0.2, 0.25) is 5.91 Å². The molecule has 5 heteroatoms. The lowest BCUT2D eigenvalue weighted by atomic mass is 10.2. The van der Waals surface area contributed by atoms with Crippen LogP contribution in [0.5, 0.6) is 0 Å². The smallest absolute Gasteiger partial charge is 0.252 e. The Morgan fingerprint density at radius 1 is 1.50 bits per heavy atom. The first kappa shape index (κ1) is 12.5. The second-order valence-electron chi connectivity index (χ2n) is 4.47. The zero-order chi connectivity index (χ0) is 13.1. The fourth-order valence-electron chi connectivity index (χ4n) is 2.09. The number of aryl methyl sites for hydroxylation is 1. The van der Waals surface area contributed by atoms with Gasteiger partial charge in [0.25, 0.3) is 5.91 Å². The van der Waals surface area contributed by atoms with Crippen molar-refractivity contribution in [3.63, 3.8) is 0 Å². The summed E-state index contributed by atoms with van der Waals surface area (Å²) in [4.78, 5) is 29.1. The van der Waals surface area contributed by atoms with E-state index in [-0.39, 0.29) is 18.2 Å². The van der Waals surface area contributed by atoms with Crippen LogP contribution in [0.3, 0.4) is 0 Å².